The number of rotatable bonds is 3. The molecule has 102 valence electrons. The van der Waals surface area contributed by atoms with Crippen LogP contribution in [0.3, 0.4) is 0 Å². The highest BCUT2D eigenvalue weighted by Crippen LogP contribution is 2.25. The van der Waals surface area contributed by atoms with Gasteiger partial charge in [-0.05, 0) is 19.1 Å². The number of benzene rings is 1. The van der Waals surface area contributed by atoms with E-state index in [9.17, 15) is 4.39 Å². The highest BCUT2D eigenvalue weighted by atomic mass is 19.1. The molecule has 5 heteroatoms. The van der Waals surface area contributed by atoms with Gasteiger partial charge >= 0.3 is 0 Å². The first kappa shape index (κ1) is 13.8. The van der Waals surface area contributed by atoms with Crippen LogP contribution in [0.4, 0.5) is 10.1 Å². The Morgan fingerprint density at radius 3 is 3.00 bits per heavy atom. The summed E-state index contributed by atoms with van der Waals surface area (Å²) in [5.41, 5.74) is 0.714. The average molecular weight is 264 g/mol. The van der Waals surface area contributed by atoms with Crippen LogP contribution in [-0.4, -0.2) is 39.0 Å². The second-order valence-electron chi connectivity index (χ2n) is 4.67. The first-order chi connectivity index (χ1) is 9.15. The molecule has 0 aromatic heterocycles. The Labute approximate surface area is 112 Å². The molecule has 0 amide bonds. The van der Waals surface area contributed by atoms with Gasteiger partial charge in [-0.1, -0.05) is 6.07 Å². The van der Waals surface area contributed by atoms with Crippen LogP contribution in [-0.2, 0) is 9.47 Å². The van der Waals surface area contributed by atoms with E-state index >= 15 is 0 Å². The fourth-order valence-corrected chi connectivity index (χ4v) is 2.41. The summed E-state index contributed by atoms with van der Waals surface area (Å²) in [5, 5.41) is 9.09. The number of hydrogen-bond donors (Lipinski definition) is 0. The van der Waals surface area contributed by atoms with Crippen LogP contribution in [0.2, 0.25) is 0 Å². The van der Waals surface area contributed by atoms with Gasteiger partial charge < -0.3 is 14.4 Å². The van der Waals surface area contributed by atoms with Crippen molar-refractivity contribution in [2.75, 3.05) is 31.7 Å². The van der Waals surface area contributed by atoms with Crippen molar-refractivity contribution < 1.29 is 13.9 Å². The van der Waals surface area contributed by atoms with Gasteiger partial charge in [-0.15, -0.1) is 0 Å². The molecule has 2 atom stereocenters. The fourth-order valence-electron chi connectivity index (χ4n) is 2.41. The molecule has 0 saturated carbocycles. The summed E-state index contributed by atoms with van der Waals surface area (Å²) in [6.07, 6.45) is -0.0488. The second-order valence-corrected chi connectivity index (χ2v) is 4.67. The molecule has 19 heavy (non-hydrogen) atoms. The highest BCUT2D eigenvalue weighted by Gasteiger charge is 2.27. The van der Waals surface area contributed by atoms with Crippen LogP contribution in [0.25, 0.3) is 0 Å². The van der Waals surface area contributed by atoms with Crippen LogP contribution in [0.15, 0.2) is 18.2 Å². The summed E-state index contributed by atoms with van der Waals surface area (Å²) in [4.78, 5) is 1.99. The quantitative estimate of drug-likeness (QED) is 0.837. The Morgan fingerprint density at radius 1 is 1.53 bits per heavy atom. The van der Waals surface area contributed by atoms with Crippen molar-refractivity contribution in [1.82, 2.24) is 0 Å². The zero-order valence-electron chi connectivity index (χ0n) is 11.1. The van der Waals surface area contributed by atoms with Gasteiger partial charge in [-0.25, -0.2) is 4.39 Å². The molecule has 0 spiro atoms. The van der Waals surface area contributed by atoms with E-state index in [0.717, 1.165) is 0 Å². The summed E-state index contributed by atoms with van der Waals surface area (Å²) in [6, 6.07) is 6.63. The third-order valence-electron chi connectivity index (χ3n) is 3.12. The van der Waals surface area contributed by atoms with Gasteiger partial charge in [0, 0.05) is 20.2 Å². The lowest BCUT2D eigenvalue weighted by molar-refractivity contribution is -0.0511. The van der Waals surface area contributed by atoms with E-state index in [-0.39, 0.29) is 17.8 Å². The Hall–Kier alpha value is -1.64. The van der Waals surface area contributed by atoms with Crippen molar-refractivity contribution in [3.8, 4) is 6.07 Å². The molecule has 2 unspecified atom stereocenters. The van der Waals surface area contributed by atoms with E-state index in [1.165, 1.54) is 6.07 Å². The maximum absolute atomic E-state index is 13.6. The standard InChI is InChI=1S/C14H17FN2O2/c1-10-7-17(8-11(19-10)9-18-2)14-5-3-4-13(15)12(14)6-16/h3-5,10-11H,7-9H2,1-2H3. The number of nitriles is 1. The number of methoxy groups -OCH3 is 1. The minimum absolute atomic E-state index is 0.0173. The zero-order valence-corrected chi connectivity index (χ0v) is 11.1. The minimum Gasteiger partial charge on any atom is -0.382 e. The number of halogens is 1. The lowest BCUT2D eigenvalue weighted by Gasteiger charge is -2.38. The molecule has 4 nitrogen and oxygen atoms in total. The smallest absolute Gasteiger partial charge is 0.143 e. The maximum atomic E-state index is 13.6. The predicted octanol–water partition coefficient (Wildman–Crippen LogP) is 1.94. The third-order valence-corrected chi connectivity index (χ3v) is 3.12. The molecule has 1 heterocycles. The Bertz CT molecular complexity index is 487. The number of anilines is 1. The summed E-state index contributed by atoms with van der Waals surface area (Å²) in [7, 11) is 1.62. The third kappa shape index (κ3) is 3.03. The van der Waals surface area contributed by atoms with Crippen molar-refractivity contribution in [3.63, 3.8) is 0 Å². The first-order valence-electron chi connectivity index (χ1n) is 6.23. The van der Waals surface area contributed by atoms with Crippen molar-refractivity contribution in [3.05, 3.63) is 29.6 Å². The summed E-state index contributed by atoms with van der Waals surface area (Å²) in [5.74, 6) is -0.484. The van der Waals surface area contributed by atoms with Crippen LogP contribution in [0.5, 0.6) is 0 Å². The van der Waals surface area contributed by atoms with Crippen LogP contribution in [0, 0.1) is 17.1 Å². The lowest BCUT2D eigenvalue weighted by Crippen LogP contribution is -2.48. The highest BCUT2D eigenvalue weighted by molar-refractivity contribution is 5.60. The van der Waals surface area contributed by atoms with E-state index in [1.807, 2.05) is 17.9 Å². The molecule has 0 N–H and O–H groups in total. The Morgan fingerprint density at radius 2 is 2.32 bits per heavy atom. The molecule has 2 rings (SSSR count). The molecule has 0 aliphatic carbocycles. The van der Waals surface area contributed by atoms with Gasteiger partial charge in [0.05, 0.1) is 24.5 Å². The Kier molecular flexibility index (Phi) is 4.35. The van der Waals surface area contributed by atoms with Crippen molar-refractivity contribution in [2.45, 2.75) is 19.1 Å². The second kappa shape index (κ2) is 6.00. The molecule has 0 bridgehead atoms. The molecule has 1 aromatic carbocycles. The number of hydrogen-bond acceptors (Lipinski definition) is 4. The minimum atomic E-state index is -0.484. The van der Waals surface area contributed by atoms with E-state index in [4.69, 9.17) is 14.7 Å². The summed E-state index contributed by atoms with van der Waals surface area (Å²) < 4.78 is 24.5. The number of ether oxygens (including phenoxy) is 2. The molecule has 1 fully saturated rings. The topological polar surface area (TPSA) is 45.5 Å². The van der Waals surface area contributed by atoms with E-state index in [0.29, 0.717) is 25.4 Å². The van der Waals surface area contributed by atoms with Gasteiger partial charge in [0.25, 0.3) is 0 Å². The van der Waals surface area contributed by atoms with E-state index in [1.54, 1.807) is 19.2 Å². The number of morpholine rings is 1. The Balaban J connectivity index is 2.26. The molecule has 1 saturated heterocycles. The average Bonchev–Trinajstić information content (AvgIpc) is 2.38. The van der Waals surface area contributed by atoms with E-state index < -0.39 is 5.82 Å². The molecule has 1 aromatic rings. The molecule has 0 radical (unpaired) electrons. The van der Waals surface area contributed by atoms with Crippen molar-refractivity contribution in [2.24, 2.45) is 0 Å². The normalized spacial score (nSPS) is 23.2. The van der Waals surface area contributed by atoms with Gasteiger partial charge in [0.15, 0.2) is 0 Å². The van der Waals surface area contributed by atoms with Crippen LogP contribution < -0.4 is 4.90 Å². The van der Waals surface area contributed by atoms with Gasteiger partial charge in [-0.2, -0.15) is 5.26 Å². The van der Waals surface area contributed by atoms with Gasteiger partial charge in [0.2, 0.25) is 0 Å². The number of nitrogens with zero attached hydrogens (tertiary/aromatic N) is 2. The fraction of sp³-hybridized carbons (Fsp3) is 0.500. The largest absolute Gasteiger partial charge is 0.382 e. The van der Waals surface area contributed by atoms with Crippen molar-refractivity contribution >= 4 is 5.69 Å². The molecule has 1 aliphatic heterocycles. The van der Waals surface area contributed by atoms with E-state index in [2.05, 4.69) is 0 Å². The lowest BCUT2D eigenvalue weighted by atomic mass is 10.1. The molecule has 1 aliphatic rings. The van der Waals surface area contributed by atoms with Crippen LogP contribution >= 0.6 is 0 Å². The predicted molar refractivity (Wildman–Crippen MR) is 69.5 cm³/mol. The van der Waals surface area contributed by atoms with Gasteiger partial charge in [0.1, 0.15) is 17.4 Å². The molecular weight excluding hydrogens is 247 g/mol. The molecular formula is C14H17FN2O2. The van der Waals surface area contributed by atoms with Crippen LogP contribution in [0.1, 0.15) is 12.5 Å². The zero-order chi connectivity index (χ0) is 13.8. The van der Waals surface area contributed by atoms with Crippen molar-refractivity contribution in [1.29, 1.82) is 5.26 Å². The SMILES string of the molecule is COCC1CN(c2cccc(F)c2C#N)CC(C)O1. The summed E-state index contributed by atoms with van der Waals surface area (Å²) >= 11 is 0. The maximum Gasteiger partial charge on any atom is 0.143 e. The van der Waals surface area contributed by atoms with Gasteiger partial charge in [-0.3, -0.25) is 0 Å². The first-order valence-corrected chi connectivity index (χ1v) is 6.23. The summed E-state index contributed by atoms with van der Waals surface area (Å²) in [6.45, 7) is 3.67. The monoisotopic (exact) mass is 264 g/mol.